The molecule has 27 heavy (non-hydrogen) atoms. The quantitative estimate of drug-likeness (QED) is 0.693. The molecule has 1 saturated heterocycles. The smallest absolute Gasteiger partial charge is 0.123 e. The minimum absolute atomic E-state index is 0.332. The first-order valence-corrected chi connectivity index (χ1v) is 10.8. The van der Waals surface area contributed by atoms with Crippen LogP contribution in [-0.2, 0) is 13.1 Å². The molecule has 1 atom stereocenters. The summed E-state index contributed by atoms with van der Waals surface area (Å²) in [5.74, 6) is 3.16. The maximum Gasteiger partial charge on any atom is 0.123 e. The lowest BCUT2D eigenvalue weighted by Crippen LogP contribution is -2.40. The number of benzene rings is 2. The van der Waals surface area contributed by atoms with Crippen LogP contribution in [0.1, 0.15) is 16.7 Å². The number of hydrogen-bond donors (Lipinski definition) is 2. The van der Waals surface area contributed by atoms with Crippen LogP contribution in [0.4, 0.5) is 0 Å². The molecule has 1 aliphatic heterocycles. The maximum absolute atomic E-state index is 10.3. The lowest BCUT2D eigenvalue weighted by atomic mass is 10.1. The standard InChI is InChI=1S/C22H30N2O2S/c1-18-6-2-3-7-19(18)14-23-15-20-8-4-5-9-22(20)26-17-21(25)16-24-10-12-27-13-11-24/h2-9,21,23,25H,10-17H2,1H3. The number of rotatable bonds is 9. The number of aliphatic hydroxyl groups excluding tert-OH is 1. The first kappa shape index (κ1) is 20.2. The monoisotopic (exact) mass is 386 g/mol. The molecule has 1 heterocycles. The lowest BCUT2D eigenvalue weighted by Gasteiger charge is -2.28. The molecule has 0 bridgehead atoms. The fourth-order valence-electron chi connectivity index (χ4n) is 3.25. The van der Waals surface area contributed by atoms with Gasteiger partial charge in [0.05, 0.1) is 0 Å². The summed E-state index contributed by atoms with van der Waals surface area (Å²) in [5.41, 5.74) is 3.73. The molecule has 3 rings (SSSR count). The number of hydrogen-bond acceptors (Lipinski definition) is 5. The molecular formula is C22H30N2O2S. The highest BCUT2D eigenvalue weighted by atomic mass is 32.2. The minimum Gasteiger partial charge on any atom is -0.491 e. The van der Waals surface area contributed by atoms with Crippen LogP contribution < -0.4 is 10.1 Å². The van der Waals surface area contributed by atoms with Gasteiger partial charge in [-0.2, -0.15) is 11.8 Å². The molecule has 0 saturated carbocycles. The van der Waals surface area contributed by atoms with Gasteiger partial charge in [0.15, 0.2) is 0 Å². The van der Waals surface area contributed by atoms with Crippen molar-refractivity contribution < 1.29 is 9.84 Å². The van der Waals surface area contributed by atoms with Gasteiger partial charge in [-0.15, -0.1) is 0 Å². The van der Waals surface area contributed by atoms with E-state index in [0.29, 0.717) is 13.2 Å². The summed E-state index contributed by atoms with van der Waals surface area (Å²) < 4.78 is 5.95. The van der Waals surface area contributed by atoms with Crippen molar-refractivity contribution >= 4 is 11.8 Å². The molecule has 0 radical (unpaired) electrons. The molecule has 0 aliphatic carbocycles. The number of aryl methyl sites for hydroxylation is 1. The number of para-hydroxylation sites is 1. The van der Waals surface area contributed by atoms with E-state index >= 15 is 0 Å². The molecule has 1 aliphatic rings. The second-order valence-corrected chi connectivity index (χ2v) is 8.24. The SMILES string of the molecule is Cc1ccccc1CNCc1ccccc1OCC(O)CN1CCSCC1. The van der Waals surface area contributed by atoms with Crippen molar-refractivity contribution in [1.29, 1.82) is 0 Å². The van der Waals surface area contributed by atoms with E-state index in [-0.39, 0.29) is 0 Å². The second-order valence-electron chi connectivity index (χ2n) is 7.02. The summed E-state index contributed by atoms with van der Waals surface area (Å²) in [7, 11) is 0. The molecule has 0 aromatic heterocycles. The number of thioether (sulfide) groups is 1. The van der Waals surface area contributed by atoms with E-state index < -0.39 is 6.10 Å². The van der Waals surface area contributed by atoms with Crippen LogP contribution in [0.3, 0.4) is 0 Å². The van der Waals surface area contributed by atoms with Crippen LogP contribution in [0, 0.1) is 6.92 Å². The van der Waals surface area contributed by atoms with E-state index in [1.807, 2.05) is 30.0 Å². The number of β-amino-alcohol motifs (C(OH)–C–C–N with tert-alkyl or cyclic N) is 1. The van der Waals surface area contributed by atoms with E-state index in [9.17, 15) is 5.11 Å². The molecule has 1 fully saturated rings. The van der Waals surface area contributed by atoms with Crippen molar-refractivity contribution in [2.45, 2.75) is 26.1 Å². The number of nitrogens with zero attached hydrogens (tertiary/aromatic N) is 1. The van der Waals surface area contributed by atoms with Crippen LogP contribution in [0.5, 0.6) is 5.75 Å². The predicted molar refractivity (Wildman–Crippen MR) is 113 cm³/mol. The summed E-state index contributed by atoms with van der Waals surface area (Å²) in [6.07, 6.45) is -0.457. The van der Waals surface area contributed by atoms with Gasteiger partial charge < -0.3 is 15.2 Å². The van der Waals surface area contributed by atoms with Gasteiger partial charge in [0.25, 0.3) is 0 Å². The van der Waals surface area contributed by atoms with Crippen LogP contribution in [-0.4, -0.2) is 53.9 Å². The molecular weight excluding hydrogens is 356 g/mol. The lowest BCUT2D eigenvalue weighted by molar-refractivity contribution is 0.0711. The molecule has 1 unspecified atom stereocenters. The van der Waals surface area contributed by atoms with Gasteiger partial charge in [-0.05, 0) is 24.1 Å². The van der Waals surface area contributed by atoms with Gasteiger partial charge in [-0.3, -0.25) is 4.90 Å². The van der Waals surface area contributed by atoms with E-state index in [0.717, 1.165) is 49.0 Å². The molecule has 0 spiro atoms. The Kier molecular flexibility index (Phi) is 8.02. The third kappa shape index (κ3) is 6.54. The topological polar surface area (TPSA) is 44.7 Å². The van der Waals surface area contributed by atoms with Crippen molar-refractivity contribution in [2.24, 2.45) is 0 Å². The van der Waals surface area contributed by atoms with Gasteiger partial charge in [0.1, 0.15) is 18.5 Å². The zero-order valence-electron chi connectivity index (χ0n) is 16.1. The van der Waals surface area contributed by atoms with Gasteiger partial charge in [0, 0.05) is 49.8 Å². The van der Waals surface area contributed by atoms with Crippen molar-refractivity contribution in [3.63, 3.8) is 0 Å². The molecule has 2 aromatic rings. The van der Waals surface area contributed by atoms with Crippen molar-refractivity contribution in [2.75, 3.05) is 37.7 Å². The van der Waals surface area contributed by atoms with Gasteiger partial charge >= 0.3 is 0 Å². The van der Waals surface area contributed by atoms with Gasteiger partial charge in [-0.1, -0.05) is 42.5 Å². The normalized spacial score (nSPS) is 16.2. The first-order valence-electron chi connectivity index (χ1n) is 9.66. The highest BCUT2D eigenvalue weighted by molar-refractivity contribution is 7.99. The van der Waals surface area contributed by atoms with E-state index in [1.54, 1.807) is 0 Å². The second kappa shape index (κ2) is 10.7. The fraction of sp³-hybridized carbons (Fsp3) is 0.455. The summed E-state index contributed by atoms with van der Waals surface area (Å²) in [4.78, 5) is 2.32. The molecule has 2 aromatic carbocycles. The van der Waals surface area contributed by atoms with Crippen molar-refractivity contribution in [1.82, 2.24) is 10.2 Å². The van der Waals surface area contributed by atoms with Crippen LogP contribution in [0.15, 0.2) is 48.5 Å². The average Bonchev–Trinajstić information content (AvgIpc) is 2.69. The Morgan fingerprint density at radius 3 is 2.48 bits per heavy atom. The summed E-state index contributed by atoms with van der Waals surface area (Å²) in [6.45, 7) is 6.84. The van der Waals surface area contributed by atoms with Gasteiger partial charge in [-0.25, -0.2) is 0 Å². The summed E-state index contributed by atoms with van der Waals surface area (Å²) in [6, 6.07) is 16.5. The maximum atomic E-state index is 10.3. The van der Waals surface area contributed by atoms with Crippen molar-refractivity contribution in [3.8, 4) is 5.75 Å². The summed E-state index contributed by atoms with van der Waals surface area (Å²) in [5, 5.41) is 13.8. The Morgan fingerprint density at radius 2 is 1.70 bits per heavy atom. The Hall–Kier alpha value is -1.53. The van der Waals surface area contributed by atoms with Crippen LogP contribution in [0.2, 0.25) is 0 Å². The molecule has 0 amide bonds. The van der Waals surface area contributed by atoms with E-state index in [1.165, 1.54) is 11.1 Å². The Morgan fingerprint density at radius 1 is 1.04 bits per heavy atom. The van der Waals surface area contributed by atoms with Gasteiger partial charge in [0.2, 0.25) is 0 Å². The predicted octanol–water partition coefficient (Wildman–Crippen LogP) is 3.07. The van der Waals surface area contributed by atoms with E-state index in [2.05, 4.69) is 47.5 Å². The third-order valence-corrected chi connectivity index (χ3v) is 5.81. The zero-order chi connectivity index (χ0) is 18.9. The Balaban J connectivity index is 1.47. The Labute approximate surface area is 166 Å². The number of ether oxygens (including phenoxy) is 1. The fourth-order valence-corrected chi connectivity index (χ4v) is 4.23. The largest absolute Gasteiger partial charge is 0.491 e. The number of aliphatic hydroxyl groups is 1. The molecule has 5 heteroatoms. The zero-order valence-corrected chi connectivity index (χ0v) is 16.9. The molecule has 4 nitrogen and oxygen atoms in total. The number of nitrogens with one attached hydrogen (secondary N) is 1. The molecule has 2 N–H and O–H groups in total. The third-order valence-electron chi connectivity index (χ3n) is 4.87. The first-order chi connectivity index (χ1) is 13.2. The highest BCUT2D eigenvalue weighted by Crippen LogP contribution is 2.19. The average molecular weight is 387 g/mol. The van der Waals surface area contributed by atoms with Crippen LogP contribution >= 0.6 is 11.8 Å². The highest BCUT2D eigenvalue weighted by Gasteiger charge is 2.15. The van der Waals surface area contributed by atoms with E-state index in [4.69, 9.17) is 4.74 Å². The molecule has 146 valence electrons. The summed E-state index contributed by atoms with van der Waals surface area (Å²) >= 11 is 1.98. The van der Waals surface area contributed by atoms with Crippen molar-refractivity contribution in [3.05, 3.63) is 65.2 Å². The van der Waals surface area contributed by atoms with Crippen LogP contribution in [0.25, 0.3) is 0 Å². The Bertz CT molecular complexity index is 704. The minimum atomic E-state index is -0.457.